The summed E-state index contributed by atoms with van der Waals surface area (Å²) < 4.78 is 8.80. The minimum Gasteiger partial charge on any atom is -0.494 e. The lowest BCUT2D eigenvalue weighted by molar-refractivity contribution is 0.0964. The van der Waals surface area contributed by atoms with Gasteiger partial charge in [0.05, 0.1) is 12.3 Å². The number of ketones is 1. The average Bonchev–Trinajstić information content (AvgIpc) is 2.98. The van der Waals surface area contributed by atoms with Crippen LogP contribution in [0, 0.1) is 13.8 Å². The molecule has 0 spiro atoms. The van der Waals surface area contributed by atoms with E-state index in [2.05, 4.69) is 5.10 Å². The standard InChI is InChI=1S/C24H29N3O3/c1-7-30-19-10-8-18(9-11-19)27-16(2)14-20(17(27)3)21(28)15-26-23(29)13-12-22(25-26)24(4,5)6/h8-14H,7,15H2,1-6H3. The number of rotatable bonds is 6. The Kier molecular flexibility index (Phi) is 5.97. The van der Waals surface area contributed by atoms with Crippen LogP contribution in [0.2, 0.25) is 0 Å². The van der Waals surface area contributed by atoms with E-state index in [1.165, 1.54) is 10.7 Å². The molecule has 2 aromatic heterocycles. The fourth-order valence-corrected chi connectivity index (χ4v) is 3.48. The minimum atomic E-state index is -0.281. The van der Waals surface area contributed by atoms with E-state index in [1.807, 2.05) is 76.4 Å². The van der Waals surface area contributed by atoms with Gasteiger partial charge in [-0.3, -0.25) is 9.59 Å². The van der Waals surface area contributed by atoms with Crippen LogP contribution in [0.1, 0.15) is 55.1 Å². The summed E-state index contributed by atoms with van der Waals surface area (Å²) in [5.41, 5.74) is 3.62. The number of aromatic nitrogens is 3. The van der Waals surface area contributed by atoms with Gasteiger partial charge in [0.2, 0.25) is 0 Å². The van der Waals surface area contributed by atoms with E-state index < -0.39 is 0 Å². The second-order valence-electron chi connectivity index (χ2n) is 8.43. The fourth-order valence-electron chi connectivity index (χ4n) is 3.48. The number of hydrogen-bond acceptors (Lipinski definition) is 4. The monoisotopic (exact) mass is 407 g/mol. The largest absolute Gasteiger partial charge is 0.494 e. The van der Waals surface area contributed by atoms with Crippen molar-refractivity contribution in [1.82, 2.24) is 14.3 Å². The molecule has 0 fully saturated rings. The van der Waals surface area contributed by atoms with Gasteiger partial charge in [-0.15, -0.1) is 0 Å². The topological polar surface area (TPSA) is 66.1 Å². The van der Waals surface area contributed by atoms with Crippen molar-refractivity contribution in [3.8, 4) is 11.4 Å². The van der Waals surface area contributed by atoms with Crippen LogP contribution >= 0.6 is 0 Å². The van der Waals surface area contributed by atoms with Gasteiger partial charge < -0.3 is 9.30 Å². The van der Waals surface area contributed by atoms with Crippen molar-refractivity contribution in [3.63, 3.8) is 0 Å². The molecule has 0 atom stereocenters. The summed E-state index contributed by atoms with van der Waals surface area (Å²) in [4.78, 5) is 25.3. The third kappa shape index (κ3) is 4.37. The molecule has 0 aliphatic carbocycles. The third-order valence-corrected chi connectivity index (χ3v) is 5.07. The second kappa shape index (κ2) is 8.30. The lowest BCUT2D eigenvalue weighted by Gasteiger charge is -2.18. The highest BCUT2D eigenvalue weighted by Crippen LogP contribution is 2.24. The van der Waals surface area contributed by atoms with E-state index in [-0.39, 0.29) is 23.3 Å². The Morgan fingerprint density at radius 3 is 2.33 bits per heavy atom. The Bertz CT molecular complexity index is 1120. The van der Waals surface area contributed by atoms with Crippen LogP contribution in [-0.2, 0) is 12.0 Å². The number of nitrogens with zero attached hydrogens (tertiary/aromatic N) is 3. The molecule has 0 aliphatic rings. The van der Waals surface area contributed by atoms with E-state index in [0.717, 1.165) is 28.5 Å². The van der Waals surface area contributed by atoms with Gasteiger partial charge in [0.25, 0.3) is 5.56 Å². The summed E-state index contributed by atoms with van der Waals surface area (Å²) in [5.74, 6) is 0.671. The highest BCUT2D eigenvalue weighted by atomic mass is 16.5. The molecule has 158 valence electrons. The second-order valence-corrected chi connectivity index (χ2v) is 8.43. The Balaban J connectivity index is 1.92. The summed E-state index contributed by atoms with van der Waals surface area (Å²) in [6.07, 6.45) is 0. The Morgan fingerprint density at radius 2 is 1.73 bits per heavy atom. The Morgan fingerprint density at radius 1 is 1.07 bits per heavy atom. The van der Waals surface area contributed by atoms with Gasteiger partial charge in [0.15, 0.2) is 5.78 Å². The first-order chi connectivity index (χ1) is 14.1. The van der Waals surface area contributed by atoms with Crippen LogP contribution in [-0.4, -0.2) is 26.7 Å². The van der Waals surface area contributed by atoms with Gasteiger partial charge in [-0.25, -0.2) is 4.68 Å². The Labute approximate surface area is 177 Å². The van der Waals surface area contributed by atoms with Crippen molar-refractivity contribution in [3.05, 3.63) is 75.5 Å². The molecular formula is C24H29N3O3. The maximum absolute atomic E-state index is 13.1. The first-order valence-electron chi connectivity index (χ1n) is 10.2. The van der Waals surface area contributed by atoms with Crippen LogP contribution in [0.5, 0.6) is 5.75 Å². The van der Waals surface area contributed by atoms with Crippen LogP contribution in [0.4, 0.5) is 0 Å². The van der Waals surface area contributed by atoms with Crippen molar-refractivity contribution in [2.75, 3.05) is 6.61 Å². The summed E-state index contributed by atoms with van der Waals surface area (Å²) in [6, 6.07) is 12.8. The highest BCUT2D eigenvalue weighted by molar-refractivity contribution is 5.97. The van der Waals surface area contributed by atoms with E-state index in [9.17, 15) is 9.59 Å². The van der Waals surface area contributed by atoms with Gasteiger partial charge in [-0.05, 0) is 57.2 Å². The summed E-state index contributed by atoms with van der Waals surface area (Å²) in [5, 5.41) is 4.42. The fraction of sp³-hybridized carbons (Fsp3) is 0.375. The quantitative estimate of drug-likeness (QED) is 0.574. The number of Topliss-reactive ketones (excluding diaryl/α,β-unsaturated/α-hetero) is 1. The van der Waals surface area contributed by atoms with Gasteiger partial charge in [0, 0.05) is 34.1 Å². The SMILES string of the molecule is CCOc1ccc(-n2c(C)cc(C(=O)Cn3nc(C(C)(C)C)ccc3=O)c2C)cc1. The smallest absolute Gasteiger partial charge is 0.267 e. The van der Waals surface area contributed by atoms with Crippen molar-refractivity contribution < 1.29 is 9.53 Å². The summed E-state index contributed by atoms with van der Waals surface area (Å²) in [7, 11) is 0. The van der Waals surface area contributed by atoms with Gasteiger partial charge in [0.1, 0.15) is 12.3 Å². The zero-order valence-electron chi connectivity index (χ0n) is 18.5. The predicted molar refractivity (Wildman–Crippen MR) is 118 cm³/mol. The zero-order valence-corrected chi connectivity index (χ0v) is 18.5. The normalized spacial score (nSPS) is 11.5. The number of carbonyl (C=O) groups is 1. The van der Waals surface area contributed by atoms with E-state index >= 15 is 0 Å². The van der Waals surface area contributed by atoms with Crippen molar-refractivity contribution in [1.29, 1.82) is 0 Å². The average molecular weight is 408 g/mol. The molecule has 0 bridgehead atoms. The van der Waals surface area contributed by atoms with Gasteiger partial charge in [-0.1, -0.05) is 20.8 Å². The van der Waals surface area contributed by atoms with Crippen molar-refractivity contribution in [2.45, 2.75) is 53.5 Å². The maximum atomic E-state index is 13.1. The van der Waals surface area contributed by atoms with Crippen LogP contribution in [0.25, 0.3) is 5.69 Å². The van der Waals surface area contributed by atoms with Crippen LogP contribution in [0.15, 0.2) is 47.3 Å². The zero-order chi connectivity index (χ0) is 22.1. The van der Waals surface area contributed by atoms with Crippen molar-refractivity contribution >= 4 is 5.78 Å². The van der Waals surface area contributed by atoms with Crippen LogP contribution in [0.3, 0.4) is 0 Å². The summed E-state index contributed by atoms with van der Waals surface area (Å²) in [6.45, 7) is 12.4. The van der Waals surface area contributed by atoms with Gasteiger partial charge >= 0.3 is 0 Å². The number of ether oxygens (including phenoxy) is 1. The molecule has 0 N–H and O–H groups in total. The van der Waals surface area contributed by atoms with Crippen molar-refractivity contribution in [2.24, 2.45) is 0 Å². The molecule has 0 saturated carbocycles. The predicted octanol–water partition coefficient (Wildman–Crippen LogP) is 4.23. The molecule has 0 amide bonds. The molecule has 0 radical (unpaired) electrons. The van der Waals surface area contributed by atoms with E-state index in [4.69, 9.17) is 4.74 Å². The minimum absolute atomic E-state index is 0.0870. The van der Waals surface area contributed by atoms with Crippen LogP contribution < -0.4 is 10.3 Å². The van der Waals surface area contributed by atoms with E-state index in [0.29, 0.717) is 12.2 Å². The molecule has 3 rings (SSSR count). The number of benzene rings is 1. The number of aryl methyl sites for hydroxylation is 1. The molecule has 6 heteroatoms. The molecule has 0 saturated heterocycles. The highest BCUT2D eigenvalue weighted by Gasteiger charge is 2.20. The molecule has 6 nitrogen and oxygen atoms in total. The number of hydrogen-bond donors (Lipinski definition) is 0. The lowest BCUT2D eigenvalue weighted by Crippen LogP contribution is -2.29. The molecule has 0 unspecified atom stereocenters. The summed E-state index contributed by atoms with van der Waals surface area (Å²) >= 11 is 0. The lowest BCUT2D eigenvalue weighted by atomic mass is 9.92. The molecule has 30 heavy (non-hydrogen) atoms. The molecule has 2 heterocycles. The molecular weight excluding hydrogens is 378 g/mol. The molecule has 1 aromatic carbocycles. The first-order valence-corrected chi connectivity index (χ1v) is 10.2. The van der Waals surface area contributed by atoms with Gasteiger partial charge in [-0.2, -0.15) is 5.10 Å². The number of carbonyl (C=O) groups excluding carboxylic acids is 1. The molecule has 0 aliphatic heterocycles. The van der Waals surface area contributed by atoms with E-state index in [1.54, 1.807) is 6.07 Å². The maximum Gasteiger partial charge on any atom is 0.267 e. The third-order valence-electron chi connectivity index (χ3n) is 5.07. The molecule has 3 aromatic rings. The first kappa shape index (κ1) is 21.6. The Hall–Kier alpha value is -3.15.